The number of hydrogen-bond donors (Lipinski definition) is 0. The van der Waals surface area contributed by atoms with Gasteiger partial charge < -0.3 is 4.42 Å². The van der Waals surface area contributed by atoms with E-state index in [0.29, 0.717) is 17.2 Å². The molecule has 0 aliphatic rings. The van der Waals surface area contributed by atoms with Gasteiger partial charge in [-0.15, -0.1) is 0 Å². The molecule has 8 heteroatoms. The maximum absolute atomic E-state index is 13.1. The van der Waals surface area contributed by atoms with Gasteiger partial charge in [0, 0.05) is 17.8 Å². The number of fused-ring (bicyclic) bond motifs is 1. The van der Waals surface area contributed by atoms with Gasteiger partial charge in [0.25, 0.3) is 0 Å². The summed E-state index contributed by atoms with van der Waals surface area (Å²) in [6.07, 6.45) is -0.360. The fraction of sp³-hybridized carbons (Fsp3) is 0.400. The van der Waals surface area contributed by atoms with E-state index in [4.69, 9.17) is 4.42 Å². The average molecular weight is 324 g/mol. The first-order chi connectivity index (χ1) is 10.7. The summed E-state index contributed by atoms with van der Waals surface area (Å²) >= 11 is 0. The highest BCUT2D eigenvalue weighted by atomic mass is 19.4. The van der Waals surface area contributed by atoms with Crippen LogP contribution >= 0.6 is 0 Å². The second kappa shape index (κ2) is 5.07. The predicted molar refractivity (Wildman–Crippen MR) is 76.8 cm³/mol. The number of pyridine rings is 1. The van der Waals surface area contributed by atoms with Crippen molar-refractivity contribution < 1.29 is 17.6 Å². The number of nitrogens with zero attached hydrogens (tertiary/aromatic N) is 4. The molecule has 5 nitrogen and oxygen atoms in total. The van der Waals surface area contributed by atoms with Gasteiger partial charge >= 0.3 is 6.18 Å². The summed E-state index contributed by atoms with van der Waals surface area (Å²) < 4.78 is 46.1. The van der Waals surface area contributed by atoms with E-state index in [9.17, 15) is 13.2 Å². The molecule has 0 aromatic carbocycles. The number of halogens is 3. The number of hydrogen-bond acceptors (Lipinski definition) is 4. The Hall–Kier alpha value is -2.38. The minimum atomic E-state index is -4.54. The lowest BCUT2D eigenvalue weighted by atomic mass is 9.94. The Bertz CT molecular complexity index is 842. The predicted octanol–water partition coefficient (Wildman–Crippen LogP) is 3.78. The fourth-order valence-corrected chi connectivity index (χ4v) is 2.21. The Kier molecular flexibility index (Phi) is 3.42. The molecule has 3 aromatic rings. The van der Waals surface area contributed by atoms with Crippen LogP contribution in [0.4, 0.5) is 13.2 Å². The van der Waals surface area contributed by atoms with E-state index in [1.54, 1.807) is 6.20 Å². The molecule has 23 heavy (non-hydrogen) atoms. The van der Waals surface area contributed by atoms with Crippen molar-refractivity contribution in [3.63, 3.8) is 0 Å². The van der Waals surface area contributed by atoms with Gasteiger partial charge in [0.2, 0.25) is 5.89 Å². The normalized spacial score (nSPS) is 13.0. The molecule has 0 aliphatic heterocycles. The summed E-state index contributed by atoms with van der Waals surface area (Å²) in [7, 11) is 0. The summed E-state index contributed by atoms with van der Waals surface area (Å²) in [5.41, 5.74) is -0.843. The van der Waals surface area contributed by atoms with Gasteiger partial charge in [0.1, 0.15) is 12.3 Å². The molecule has 122 valence electrons. The minimum Gasteiger partial charge on any atom is -0.443 e. The number of aromatic nitrogens is 4. The molecule has 3 heterocycles. The lowest BCUT2D eigenvalue weighted by Gasteiger charge is -2.13. The molecule has 0 atom stereocenters. The zero-order valence-electron chi connectivity index (χ0n) is 12.8. The molecule has 0 radical (unpaired) electrons. The SMILES string of the molecule is CC(C)(C)c1cnc(Cn2nc(C(F)(F)F)c3cnccc32)o1. The Morgan fingerprint density at radius 3 is 2.52 bits per heavy atom. The summed E-state index contributed by atoms with van der Waals surface area (Å²) in [5.74, 6) is 0.978. The van der Waals surface area contributed by atoms with Crippen molar-refractivity contribution in [1.82, 2.24) is 19.7 Å². The second-order valence-corrected chi connectivity index (χ2v) is 6.27. The van der Waals surface area contributed by atoms with E-state index in [1.807, 2.05) is 20.8 Å². The monoisotopic (exact) mass is 324 g/mol. The quantitative estimate of drug-likeness (QED) is 0.720. The van der Waals surface area contributed by atoms with E-state index < -0.39 is 11.9 Å². The van der Waals surface area contributed by atoms with Crippen LogP contribution < -0.4 is 0 Å². The van der Waals surface area contributed by atoms with Gasteiger partial charge in [-0.2, -0.15) is 18.3 Å². The third kappa shape index (κ3) is 2.93. The fourth-order valence-electron chi connectivity index (χ4n) is 2.21. The topological polar surface area (TPSA) is 56.7 Å². The van der Waals surface area contributed by atoms with Crippen molar-refractivity contribution >= 4 is 10.9 Å². The smallest absolute Gasteiger partial charge is 0.435 e. The Morgan fingerprint density at radius 1 is 1.17 bits per heavy atom. The third-order valence-electron chi connectivity index (χ3n) is 3.40. The molecule has 0 bridgehead atoms. The highest BCUT2D eigenvalue weighted by Gasteiger charge is 2.37. The zero-order valence-corrected chi connectivity index (χ0v) is 12.8. The van der Waals surface area contributed by atoms with Crippen LogP contribution in [0.1, 0.15) is 38.1 Å². The Balaban J connectivity index is 2.02. The van der Waals surface area contributed by atoms with Gasteiger partial charge in [-0.1, -0.05) is 20.8 Å². The Morgan fingerprint density at radius 2 is 1.91 bits per heavy atom. The van der Waals surface area contributed by atoms with Crippen LogP contribution in [-0.4, -0.2) is 19.7 Å². The van der Waals surface area contributed by atoms with Crippen molar-refractivity contribution in [2.24, 2.45) is 0 Å². The first kappa shape index (κ1) is 15.5. The molecule has 0 fully saturated rings. The molecule has 0 aliphatic carbocycles. The first-order valence-corrected chi connectivity index (χ1v) is 6.99. The molecular weight excluding hydrogens is 309 g/mol. The largest absolute Gasteiger partial charge is 0.443 e. The molecule has 3 aromatic heterocycles. The standard InChI is InChI=1S/C15H15F3N4O/c1-14(2,3)11-7-20-12(23-11)8-22-10-4-5-19-6-9(10)13(21-22)15(16,17)18/h4-7H,8H2,1-3H3. The second-order valence-electron chi connectivity index (χ2n) is 6.27. The highest BCUT2D eigenvalue weighted by molar-refractivity contribution is 5.81. The van der Waals surface area contributed by atoms with Gasteiger partial charge in [-0.3, -0.25) is 9.67 Å². The van der Waals surface area contributed by atoms with Crippen LogP contribution in [0.2, 0.25) is 0 Å². The lowest BCUT2D eigenvalue weighted by molar-refractivity contribution is -0.140. The van der Waals surface area contributed by atoms with E-state index >= 15 is 0 Å². The summed E-state index contributed by atoms with van der Waals surface area (Å²) in [6, 6.07) is 1.49. The minimum absolute atomic E-state index is 0.0205. The lowest BCUT2D eigenvalue weighted by Crippen LogP contribution is -2.10. The third-order valence-corrected chi connectivity index (χ3v) is 3.40. The van der Waals surface area contributed by atoms with Crippen molar-refractivity contribution in [3.8, 4) is 0 Å². The Labute approximate surface area is 130 Å². The number of alkyl halides is 3. The molecule has 0 saturated heterocycles. The van der Waals surface area contributed by atoms with Gasteiger partial charge in [0.05, 0.1) is 17.1 Å². The summed E-state index contributed by atoms with van der Waals surface area (Å²) in [5, 5.41) is 3.64. The van der Waals surface area contributed by atoms with Gasteiger partial charge in [0.15, 0.2) is 5.69 Å². The summed E-state index contributed by atoms with van der Waals surface area (Å²) in [4.78, 5) is 7.88. The van der Waals surface area contributed by atoms with E-state index in [1.165, 1.54) is 16.9 Å². The molecule has 0 N–H and O–H groups in total. The van der Waals surface area contributed by atoms with E-state index in [0.717, 1.165) is 6.20 Å². The van der Waals surface area contributed by atoms with Crippen LogP contribution in [0.15, 0.2) is 29.1 Å². The van der Waals surface area contributed by atoms with E-state index in [2.05, 4.69) is 15.1 Å². The van der Waals surface area contributed by atoms with Gasteiger partial charge in [-0.05, 0) is 6.07 Å². The number of oxazole rings is 1. The van der Waals surface area contributed by atoms with Crippen molar-refractivity contribution in [1.29, 1.82) is 0 Å². The average Bonchev–Trinajstić information content (AvgIpc) is 3.04. The molecule has 0 saturated carbocycles. The summed E-state index contributed by atoms with van der Waals surface area (Å²) in [6.45, 7) is 5.92. The highest BCUT2D eigenvalue weighted by Crippen LogP contribution is 2.33. The maximum atomic E-state index is 13.1. The van der Waals surface area contributed by atoms with Crippen LogP contribution in [-0.2, 0) is 18.1 Å². The zero-order chi connectivity index (χ0) is 16.8. The maximum Gasteiger partial charge on any atom is 0.435 e. The van der Waals surface area contributed by atoms with Crippen molar-refractivity contribution in [2.75, 3.05) is 0 Å². The first-order valence-electron chi connectivity index (χ1n) is 6.99. The van der Waals surface area contributed by atoms with Crippen LogP contribution in [0.25, 0.3) is 10.9 Å². The molecule has 0 amide bonds. The van der Waals surface area contributed by atoms with Crippen LogP contribution in [0.5, 0.6) is 0 Å². The molecule has 3 rings (SSSR count). The van der Waals surface area contributed by atoms with Crippen molar-refractivity contribution in [2.45, 2.75) is 38.9 Å². The van der Waals surface area contributed by atoms with Crippen LogP contribution in [0.3, 0.4) is 0 Å². The van der Waals surface area contributed by atoms with Crippen LogP contribution in [0, 0.1) is 0 Å². The van der Waals surface area contributed by atoms with Gasteiger partial charge in [-0.25, -0.2) is 4.98 Å². The number of rotatable bonds is 2. The molecular formula is C15H15F3N4O. The molecule has 0 unspecified atom stereocenters. The van der Waals surface area contributed by atoms with E-state index in [-0.39, 0.29) is 17.3 Å². The molecule has 0 spiro atoms. The van der Waals surface area contributed by atoms with Crippen molar-refractivity contribution in [3.05, 3.63) is 42.0 Å².